The van der Waals surface area contributed by atoms with Gasteiger partial charge in [0.1, 0.15) is 18.2 Å². The van der Waals surface area contributed by atoms with Crippen LogP contribution in [0.1, 0.15) is 26.1 Å². The summed E-state index contributed by atoms with van der Waals surface area (Å²) in [7, 11) is 0. The second-order valence-corrected chi connectivity index (χ2v) is 4.53. The summed E-state index contributed by atoms with van der Waals surface area (Å²) in [6.07, 6.45) is 0.997. The van der Waals surface area contributed by atoms with Crippen molar-refractivity contribution in [3.63, 3.8) is 0 Å². The fraction of sp³-hybridized carbons (Fsp3) is 0.714. The Balaban J connectivity index is 2.96. The molecule has 3 N–H and O–H groups in total. The minimum Gasteiger partial charge on any atom is -0.395 e. The van der Waals surface area contributed by atoms with E-state index in [1.807, 2.05) is 17.9 Å². The van der Waals surface area contributed by atoms with Crippen LogP contribution in [-0.4, -0.2) is 59.6 Å². The molecule has 1 heterocycles. The van der Waals surface area contributed by atoms with Crippen molar-refractivity contribution < 1.29 is 14.9 Å². The predicted octanol–water partition coefficient (Wildman–Crippen LogP) is 0.626. The van der Waals surface area contributed by atoms with Crippen molar-refractivity contribution in [3.05, 3.63) is 11.9 Å². The number of hydrogen-bond donors (Lipinski definition) is 3. The molecule has 21 heavy (non-hydrogen) atoms. The smallest absolute Gasteiger partial charge is 0.158 e. The largest absolute Gasteiger partial charge is 0.395 e. The van der Waals surface area contributed by atoms with E-state index in [1.54, 1.807) is 0 Å². The highest BCUT2D eigenvalue weighted by molar-refractivity contribution is 5.49. The van der Waals surface area contributed by atoms with Crippen LogP contribution in [0.2, 0.25) is 0 Å². The van der Waals surface area contributed by atoms with E-state index in [2.05, 4.69) is 22.2 Å². The number of aliphatic hydroxyl groups is 2. The molecule has 120 valence electrons. The van der Waals surface area contributed by atoms with Gasteiger partial charge < -0.3 is 25.2 Å². The van der Waals surface area contributed by atoms with Gasteiger partial charge in [-0.2, -0.15) is 0 Å². The zero-order valence-electron chi connectivity index (χ0n) is 12.9. The average molecular weight is 298 g/mol. The topological polar surface area (TPSA) is 90.7 Å². The molecular weight excluding hydrogens is 272 g/mol. The second kappa shape index (κ2) is 10.3. The van der Waals surface area contributed by atoms with Crippen LogP contribution in [-0.2, 0) is 11.3 Å². The van der Waals surface area contributed by atoms with E-state index in [4.69, 9.17) is 14.9 Å². The third kappa shape index (κ3) is 6.24. The quantitative estimate of drug-likeness (QED) is 0.552. The highest BCUT2D eigenvalue weighted by Crippen LogP contribution is 2.16. The average Bonchev–Trinajstić information content (AvgIpc) is 2.50. The molecule has 1 aromatic heterocycles. The lowest BCUT2D eigenvalue weighted by Crippen LogP contribution is -2.31. The molecule has 0 spiro atoms. The maximum absolute atomic E-state index is 9.14. The van der Waals surface area contributed by atoms with Crippen LogP contribution < -0.4 is 10.2 Å². The van der Waals surface area contributed by atoms with E-state index in [-0.39, 0.29) is 13.2 Å². The molecule has 0 atom stereocenters. The first-order valence-electron chi connectivity index (χ1n) is 7.41. The van der Waals surface area contributed by atoms with Gasteiger partial charge in [0, 0.05) is 32.3 Å². The molecule has 0 aliphatic carbocycles. The number of nitrogens with zero attached hydrogens (tertiary/aromatic N) is 3. The molecule has 0 unspecified atom stereocenters. The van der Waals surface area contributed by atoms with E-state index in [0.717, 1.165) is 18.8 Å². The second-order valence-electron chi connectivity index (χ2n) is 4.53. The van der Waals surface area contributed by atoms with Crippen LogP contribution in [0.25, 0.3) is 0 Å². The van der Waals surface area contributed by atoms with Crippen LogP contribution >= 0.6 is 0 Å². The molecule has 0 aliphatic heterocycles. The number of ether oxygens (including phenoxy) is 1. The van der Waals surface area contributed by atoms with Crippen LogP contribution in [0.4, 0.5) is 11.6 Å². The van der Waals surface area contributed by atoms with Crippen molar-refractivity contribution in [2.24, 2.45) is 0 Å². The minimum absolute atomic E-state index is 0.00250. The van der Waals surface area contributed by atoms with Crippen LogP contribution in [0, 0.1) is 0 Å². The summed E-state index contributed by atoms with van der Waals surface area (Å²) in [4.78, 5) is 10.7. The predicted molar refractivity (Wildman–Crippen MR) is 82.5 cm³/mol. The van der Waals surface area contributed by atoms with E-state index in [1.165, 1.54) is 0 Å². The molecule has 0 amide bonds. The Labute approximate surface area is 126 Å². The Bertz CT molecular complexity index is 372. The number of rotatable bonds is 11. The normalized spacial score (nSPS) is 10.7. The highest BCUT2D eigenvalue weighted by Gasteiger charge is 2.11. The zero-order chi connectivity index (χ0) is 15.5. The highest BCUT2D eigenvalue weighted by atomic mass is 16.5. The first-order valence-corrected chi connectivity index (χ1v) is 7.41. The van der Waals surface area contributed by atoms with Gasteiger partial charge in [-0.3, -0.25) is 0 Å². The number of aliphatic hydroxyl groups excluding tert-OH is 2. The van der Waals surface area contributed by atoms with Gasteiger partial charge in [0.15, 0.2) is 5.82 Å². The lowest BCUT2D eigenvalue weighted by molar-refractivity contribution is 0.128. The Hall–Kier alpha value is -1.44. The van der Waals surface area contributed by atoms with Crippen molar-refractivity contribution in [3.8, 4) is 0 Å². The van der Waals surface area contributed by atoms with Crippen LogP contribution in [0.5, 0.6) is 0 Å². The molecule has 0 aliphatic rings. The zero-order valence-corrected chi connectivity index (χ0v) is 12.9. The number of anilines is 2. The molecular formula is C14H26N4O3. The molecule has 0 aromatic carbocycles. The summed E-state index contributed by atoms with van der Waals surface area (Å²) in [5, 5.41) is 21.5. The van der Waals surface area contributed by atoms with Gasteiger partial charge in [-0.05, 0) is 13.3 Å². The van der Waals surface area contributed by atoms with Gasteiger partial charge in [0.25, 0.3) is 0 Å². The molecule has 7 heteroatoms. The molecule has 0 saturated carbocycles. The lowest BCUT2D eigenvalue weighted by atomic mass is 10.4. The standard InChI is InChI=1S/C14H26N4O3/c1-3-5-15-12-10-14(18(6-8-19)7-9-20)17-13(16-12)11-21-4-2/h10,19-20H,3-9,11H2,1-2H3,(H,15,16,17). The molecule has 1 rings (SSSR count). The first kappa shape index (κ1) is 17.6. The molecule has 7 nitrogen and oxygen atoms in total. The summed E-state index contributed by atoms with van der Waals surface area (Å²) in [6.45, 7) is 6.61. The van der Waals surface area contributed by atoms with E-state index >= 15 is 0 Å². The summed E-state index contributed by atoms with van der Waals surface area (Å²) >= 11 is 0. The molecule has 0 saturated heterocycles. The first-order chi connectivity index (χ1) is 10.2. The molecule has 0 fully saturated rings. The minimum atomic E-state index is 0.00250. The fourth-order valence-corrected chi connectivity index (χ4v) is 1.83. The number of nitrogens with one attached hydrogen (secondary N) is 1. The maximum Gasteiger partial charge on any atom is 0.158 e. The van der Waals surface area contributed by atoms with Crippen LogP contribution in [0.15, 0.2) is 6.07 Å². The van der Waals surface area contributed by atoms with Gasteiger partial charge >= 0.3 is 0 Å². The third-order valence-electron chi connectivity index (χ3n) is 2.81. The van der Waals surface area contributed by atoms with Crippen molar-refractivity contribution in [2.45, 2.75) is 26.9 Å². The van der Waals surface area contributed by atoms with Crippen molar-refractivity contribution >= 4 is 11.6 Å². The van der Waals surface area contributed by atoms with Gasteiger partial charge in [0.05, 0.1) is 13.2 Å². The fourth-order valence-electron chi connectivity index (χ4n) is 1.83. The number of hydrogen-bond acceptors (Lipinski definition) is 7. The van der Waals surface area contributed by atoms with Gasteiger partial charge in [-0.1, -0.05) is 6.92 Å². The van der Waals surface area contributed by atoms with Gasteiger partial charge in [-0.15, -0.1) is 0 Å². The molecule has 0 radical (unpaired) electrons. The van der Waals surface area contributed by atoms with E-state index < -0.39 is 0 Å². The summed E-state index contributed by atoms with van der Waals surface area (Å²) < 4.78 is 5.36. The Kier molecular flexibility index (Phi) is 8.65. The van der Waals surface area contributed by atoms with E-state index in [0.29, 0.717) is 37.9 Å². The van der Waals surface area contributed by atoms with Gasteiger partial charge in [-0.25, -0.2) is 9.97 Å². The number of aromatic nitrogens is 2. The van der Waals surface area contributed by atoms with Crippen molar-refractivity contribution in [2.75, 3.05) is 49.7 Å². The Morgan fingerprint density at radius 2 is 1.90 bits per heavy atom. The summed E-state index contributed by atoms with van der Waals surface area (Å²) in [5.41, 5.74) is 0. The lowest BCUT2D eigenvalue weighted by Gasteiger charge is -2.22. The maximum atomic E-state index is 9.14. The summed E-state index contributed by atoms with van der Waals surface area (Å²) in [5.74, 6) is 2.01. The Morgan fingerprint density at radius 1 is 1.19 bits per heavy atom. The Morgan fingerprint density at radius 3 is 2.48 bits per heavy atom. The molecule has 0 bridgehead atoms. The summed E-state index contributed by atoms with van der Waals surface area (Å²) in [6, 6.07) is 1.83. The van der Waals surface area contributed by atoms with Crippen molar-refractivity contribution in [1.29, 1.82) is 0 Å². The van der Waals surface area contributed by atoms with E-state index in [9.17, 15) is 0 Å². The van der Waals surface area contributed by atoms with Crippen LogP contribution in [0.3, 0.4) is 0 Å². The SMILES string of the molecule is CCCNc1cc(N(CCO)CCO)nc(COCC)n1. The van der Waals surface area contributed by atoms with Gasteiger partial charge in [0.2, 0.25) is 0 Å². The van der Waals surface area contributed by atoms with Crippen molar-refractivity contribution in [1.82, 2.24) is 9.97 Å². The monoisotopic (exact) mass is 298 g/mol. The molecule has 1 aromatic rings. The third-order valence-corrected chi connectivity index (χ3v) is 2.81.